The van der Waals surface area contributed by atoms with Crippen LogP contribution in [0.5, 0.6) is 0 Å². The number of benzene rings is 2. The molecule has 3 rings (SSSR count). The SMILES string of the molecule is CN(C)c1ccc(C(=O)Nc2cccc(CN3CCCC3C(N)=O)c2)cc1F. The van der Waals surface area contributed by atoms with E-state index in [1.54, 1.807) is 37.2 Å². The summed E-state index contributed by atoms with van der Waals surface area (Å²) in [5, 5.41) is 2.80. The number of hydrogen-bond acceptors (Lipinski definition) is 4. The van der Waals surface area contributed by atoms with Crippen LogP contribution in [0.2, 0.25) is 0 Å². The number of carbonyl (C=O) groups is 2. The van der Waals surface area contributed by atoms with E-state index in [2.05, 4.69) is 10.2 Å². The minimum atomic E-state index is -0.446. The summed E-state index contributed by atoms with van der Waals surface area (Å²) in [6, 6.07) is 11.6. The Morgan fingerprint density at radius 1 is 1.25 bits per heavy atom. The maximum atomic E-state index is 14.1. The molecule has 1 atom stereocenters. The van der Waals surface area contributed by atoms with Gasteiger partial charge in [-0.3, -0.25) is 14.5 Å². The predicted octanol–water partition coefficient (Wildman–Crippen LogP) is 2.59. The summed E-state index contributed by atoms with van der Waals surface area (Å²) in [7, 11) is 3.49. The summed E-state index contributed by atoms with van der Waals surface area (Å²) >= 11 is 0. The maximum Gasteiger partial charge on any atom is 0.255 e. The van der Waals surface area contributed by atoms with Crippen molar-refractivity contribution in [2.24, 2.45) is 5.73 Å². The Hall–Kier alpha value is -2.93. The predicted molar refractivity (Wildman–Crippen MR) is 108 cm³/mol. The second kappa shape index (κ2) is 8.39. The van der Waals surface area contributed by atoms with Gasteiger partial charge in [-0.15, -0.1) is 0 Å². The third-order valence-corrected chi connectivity index (χ3v) is 4.95. The Balaban J connectivity index is 1.70. The van der Waals surface area contributed by atoms with Gasteiger partial charge in [-0.2, -0.15) is 0 Å². The number of halogens is 1. The molecule has 28 heavy (non-hydrogen) atoms. The minimum Gasteiger partial charge on any atom is -0.375 e. The number of amides is 2. The molecule has 0 spiro atoms. The molecule has 0 aliphatic carbocycles. The molecular weight excluding hydrogens is 359 g/mol. The molecule has 1 saturated heterocycles. The summed E-state index contributed by atoms with van der Waals surface area (Å²) in [5.41, 5.74) is 7.74. The van der Waals surface area contributed by atoms with Crippen LogP contribution in [0.1, 0.15) is 28.8 Å². The molecule has 1 unspecified atom stereocenters. The number of hydrogen-bond donors (Lipinski definition) is 2. The van der Waals surface area contributed by atoms with Gasteiger partial charge in [0.05, 0.1) is 11.7 Å². The largest absolute Gasteiger partial charge is 0.375 e. The van der Waals surface area contributed by atoms with Crippen LogP contribution in [-0.2, 0) is 11.3 Å². The fraction of sp³-hybridized carbons (Fsp3) is 0.333. The molecule has 6 nitrogen and oxygen atoms in total. The highest BCUT2D eigenvalue weighted by molar-refractivity contribution is 6.04. The first-order chi connectivity index (χ1) is 13.3. The lowest BCUT2D eigenvalue weighted by molar-refractivity contribution is -0.122. The van der Waals surface area contributed by atoms with Crippen molar-refractivity contribution in [2.45, 2.75) is 25.4 Å². The summed E-state index contributed by atoms with van der Waals surface area (Å²) in [6.07, 6.45) is 1.72. The number of nitrogens with zero attached hydrogens (tertiary/aromatic N) is 2. The Kier molecular flexibility index (Phi) is 5.94. The van der Waals surface area contributed by atoms with Gasteiger partial charge in [-0.1, -0.05) is 12.1 Å². The maximum absolute atomic E-state index is 14.1. The highest BCUT2D eigenvalue weighted by Crippen LogP contribution is 2.22. The van der Waals surface area contributed by atoms with Crippen molar-refractivity contribution in [3.8, 4) is 0 Å². The smallest absolute Gasteiger partial charge is 0.255 e. The number of likely N-dealkylation sites (tertiary alicyclic amines) is 1. The fourth-order valence-electron chi connectivity index (χ4n) is 3.53. The summed E-state index contributed by atoms with van der Waals surface area (Å²) in [6.45, 7) is 1.41. The number of anilines is 2. The quantitative estimate of drug-likeness (QED) is 0.802. The van der Waals surface area contributed by atoms with Crippen molar-refractivity contribution >= 4 is 23.2 Å². The number of carbonyl (C=O) groups excluding carboxylic acids is 2. The van der Waals surface area contributed by atoms with Gasteiger partial charge < -0.3 is 16.0 Å². The van der Waals surface area contributed by atoms with E-state index in [1.165, 1.54) is 6.07 Å². The van der Waals surface area contributed by atoms with Crippen molar-refractivity contribution in [2.75, 3.05) is 30.9 Å². The number of rotatable bonds is 6. The average Bonchev–Trinajstić information content (AvgIpc) is 3.10. The first-order valence-corrected chi connectivity index (χ1v) is 9.25. The fourth-order valence-corrected chi connectivity index (χ4v) is 3.53. The van der Waals surface area contributed by atoms with E-state index in [0.717, 1.165) is 24.9 Å². The lowest BCUT2D eigenvalue weighted by Crippen LogP contribution is -2.39. The highest BCUT2D eigenvalue weighted by Gasteiger charge is 2.28. The summed E-state index contributed by atoms with van der Waals surface area (Å²) in [4.78, 5) is 27.7. The van der Waals surface area contributed by atoms with E-state index >= 15 is 0 Å². The molecule has 1 fully saturated rings. The molecule has 1 aliphatic heterocycles. The van der Waals surface area contributed by atoms with Crippen LogP contribution in [0.3, 0.4) is 0 Å². The summed E-state index contributed by atoms with van der Waals surface area (Å²) < 4.78 is 14.1. The van der Waals surface area contributed by atoms with Crippen LogP contribution in [0, 0.1) is 5.82 Å². The molecule has 2 amide bonds. The Morgan fingerprint density at radius 2 is 2.04 bits per heavy atom. The second-order valence-corrected chi connectivity index (χ2v) is 7.25. The van der Waals surface area contributed by atoms with Crippen LogP contribution in [0.25, 0.3) is 0 Å². The van der Waals surface area contributed by atoms with E-state index in [1.807, 2.05) is 18.2 Å². The molecule has 2 aromatic carbocycles. The van der Waals surface area contributed by atoms with Gasteiger partial charge in [0.25, 0.3) is 5.91 Å². The lowest BCUT2D eigenvalue weighted by Gasteiger charge is -2.22. The molecule has 7 heteroatoms. The van der Waals surface area contributed by atoms with Crippen LogP contribution < -0.4 is 16.0 Å². The van der Waals surface area contributed by atoms with E-state index in [-0.39, 0.29) is 23.4 Å². The molecule has 1 heterocycles. The first kappa shape index (κ1) is 19.8. The first-order valence-electron chi connectivity index (χ1n) is 9.25. The monoisotopic (exact) mass is 384 g/mol. The number of nitrogens with one attached hydrogen (secondary N) is 1. The third-order valence-electron chi connectivity index (χ3n) is 4.95. The van der Waals surface area contributed by atoms with Gasteiger partial charge in [0.15, 0.2) is 0 Å². The Bertz CT molecular complexity index is 884. The van der Waals surface area contributed by atoms with Crippen molar-refractivity contribution in [1.82, 2.24) is 4.90 Å². The molecule has 148 valence electrons. The highest BCUT2D eigenvalue weighted by atomic mass is 19.1. The van der Waals surface area contributed by atoms with Gasteiger partial charge >= 0.3 is 0 Å². The Labute approximate surface area is 164 Å². The van der Waals surface area contributed by atoms with Gasteiger partial charge in [0, 0.05) is 31.9 Å². The van der Waals surface area contributed by atoms with E-state index in [0.29, 0.717) is 17.9 Å². The molecule has 0 aromatic heterocycles. The number of nitrogens with two attached hydrogens (primary N) is 1. The van der Waals surface area contributed by atoms with E-state index in [4.69, 9.17) is 5.73 Å². The molecule has 3 N–H and O–H groups in total. The Morgan fingerprint density at radius 3 is 2.71 bits per heavy atom. The van der Waals surface area contributed by atoms with Crippen molar-refractivity contribution in [3.63, 3.8) is 0 Å². The molecule has 1 aliphatic rings. The number of primary amides is 1. The van der Waals surface area contributed by atoms with E-state index in [9.17, 15) is 14.0 Å². The normalized spacial score (nSPS) is 16.8. The zero-order valence-corrected chi connectivity index (χ0v) is 16.1. The second-order valence-electron chi connectivity index (χ2n) is 7.25. The molecular formula is C21H25FN4O2. The molecule has 0 saturated carbocycles. The average molecular weight is 384 g/mol. The van der Waals surface area contributed by atoms with Gasteiger partial charge in [0.1, 0.15) is 5.82 Å². The van der Waals surface area contributed by atoms with Crippen molar-refractivity contribution in [1.29, 1.82) is 0 Å². The standard InChI is InChI=1S/C21H25FN4O2/c1-25(2)18-9-8-15(12-17(18)22)21(28)24-16-6-3-5-14(11-16)13-26-10-4-7-19(26)20(23)27/h3,5-6,8-9,11-12,19H,4,7,10,13H2,1-2H3,(H2,23,27)(H,24,28). The zero-order chi connectivity index (χ0) is 20.3. The van der Waals surface area contributed by atoms with Crippen LogP contribution in [0.15, 0.2) is 42.5 Å². The van der Waals surface area contributed by atoms with Crippen LogP contribution in [0.4, 0.5) is 15.8 Å². The van der Waals surface area contributed by atoms with Crippen molar-refractivity contribution < 1.29 is 14.0 Å². The lowest BCUT2D eigenvalue weighted by atomic mass is 10.1. The van der Waals surface area contributed by atoms with Crippen LogP contribution in [-0.4, -0.2) is 43.4 Å². The topological polar surface area (TPSA) is 78.7 Å². The van der Waals surface area contributed by atoms with Gasteiger partial charge in [-0.05, 0) is 55.3 Å². The molecule has 0 bridgehead atoms. The van der Waals surface area contributed by atoms with E-state index < -0.39 is 5.82 Å². The third kappa shape index (κ3) is 4.48. The summed E-state index contributed by atoms with van der Waals surface area (Å²) in [5.74, 6) is -1.12. The molecule has 2 aromatic rings. The minimum absolute atomic E-state index is 0.239. The van der Waals surface area contributed by atoms with Crippen molar-refractivity contribution in [3.05, 3.63) is 59.4 Å². The van der Waals surface area contributed by atoms with Gasteiger partial charge in [0.2, 0.25) is 5.91 Å². The van der Waals surface area contributed by atoms with Gasteiger partial charge in [-0.25, -0.2) is 4.39 Å². The van der Waals surface area contributed by atoms with Crippen LogP contribution >= 0.6 is 0 Å². The zero-order valence-electron chi connectivity index (χ0n) is 16.1. The molecule has 0 radical (unpaired) electrons.